The van der Waals surface area contributed by atoms with E-state index in [9.17, 15) is 20.1 Å². The lowest BCUT2D eigenvalue weighted by Crippen LogP contribution is -2.26. The van der Waals surface area contributed by atoms with Gasteiger partial charge in [0, 0.05) is 5.56 Å². The Balaban J connectivity index is 2.67. The molecule has 0 aliphatic carbocycles. The van der Waals surface area contributed by atoms with Gasteiger partial charge in [-0.05, 0) is 31.5 Å². The third kappa shape index (κ3) is 4.26. The van der Waals surface area contributed by atoms with Crippen LogP contribution in [0.15, 0.2) is 16.9 Å². The highest BCUT2D eigenvalue weighted by atomic mass is 35.5. The molecule has 0 spiro atoms. The van der Waals surface area contributed by atoms with Gasteiger partial charge in [0.05, 0.1) is 18.7 Å². The van der Waals surface area contributed by atoms with Gasteiger partial charge in [-0.2, -0.15) is 10.5 Å². The summed E-state index contributed by atoms with van der Waals surface area (Å²) in [7, 11) is 1.35. The number of benzene rings is 1. The molecule has 10 heteroatoms. The molecule has 9 nitrogen and oxygen atoms in total. The number of H-pyrrole nitrogens is 1. The van der Waals surface area contributed by atoms with Crippen LogP contribution in [0.5, 0.6) is 11.5 Å². The van der Waals surface area contributed by atoms with Crippen LogP contribution in [0.4, 0.5) is 5.82 Å². The molecule has 29 heavy (non-hydrogen) atoms. The number of nitriles is 2. The van der Waals surface area contributed by atoms with Gasteiger partial charge in [0.2, 0.25) is 0 Å². The highest BCUT2D eigenvalue weighted by Gasteiger charge is 2.24. The van der Waals surface area contributed by atoms with Crippen molar-refractivity contribution in [1.29, 1.82) is 10.5 Å². The van der Waals surface area contributed by atoms with E-state index in [1.165, 1.54) is 26.2 Å². The number of carbonyl (C=O) groups excluding carboxylic acids is 1. The van der Waals surface area contributed by atoms with Gasteiger partial charge < -0.3 is 24.9 Å². The van der Waals surface area contributed by atoms with Gasteiger partial charge in [0.25, 0.3) is 5.56 Å². The number of carbonyl (C=O) groups is 1. The predicted molar refractivity (Wildman–Crippen MR) is 105 cm³/mol. The zero-order valence-corrected chi connectivity index (χ0v) is 16.6. The molecule has 1 aromatic heterocycles. The molecular weight excluding hydrogens is 400 g/mol. The van der Waals surface area contributed by atoms with Crippen LogP contribution < -0.4 is 20.8 Å². The largest absolute Gasteiger partial charge is 0.493 e. The van der Waals surface area contributed by atoms with Gasteiger partial charge in [-0.15, -0.1) is 0 Å². The third-order valence-electron chi connectivity index (χ3n) is 3.90. The van der Waals surface area contributed by atoms with Gasteiger partial charge in [-0.25, -0.2) is 4.79 Å². The Morgan fingerprint density at radius 3 is 2.52 bits per heavy atom. The van der Waals surface area contributed by atoms with Crippen molar-refractivity contribution < 1.29 is 19.0 Å². The SMILES string of the molecule is CCOC(=O)C(C)Oc1c(Cl)cc(-c2c(C#N)c(N)[nH]c(=O)c2C#N)cc1OC. The number of aromatic amines is 1. The molecule has 2 aromatic rings. The third-order valence-corrected chi connectivity index (χ3v) is 4.18. The monoisotopic (exact) mass is 416 g/mol. The van der Waals surface area contributed by atoms with Crippen LogP contribution in [0.1, 0.15) is 25.0 Å². The Hall–Kier alpha value is -3.69. The molecule has 0 aliphatic heterocycles. The van der Waals surface area contributed by atoms with Crippen LogP contribution in [-0.4, -0.2) is 30.8 Å². The quantitative estimate of drug-likeness (QED) is 0.680. The van der Waals surface area contributed by atoms with Crippen LogP contribution in [0, 0.1) is 22.7 Å². The standard InChI is InChI=1S/C19H17ClN4O5/c1-4-28-19(26)9(2)29-16-13(20)5-10(6-14(16)27-3)15-11(7-21)17(23)24-18(25)12(15)8-22/h5-6,9H,4H2,1-3H3,(H3,23,24,25). The van der Waals surface area contributed by atoms with Gasteiger partial charge in [-0.3, -0.25) is 4.79 Å². The van der Waals surface area contributed by atoms with Crippen LogP contribution in [0.2, 0.25) is 5.02 Å². The molecule has 0 bridgehead atoms. The summed E-state index contributed by atoms with van der Waals surface area (Å²) < 4.78 is 15.8. The molecule has 0 saturated carbocycles. The minimum Gasteiger partial charge on any atom is -0.493 e. The van der Waals surface area contributed by atoms with E-state index in [1.807, 2.05) is 6.07 Å². The number of hydrogen-bond donors (Lipinski definition) is 2. The van der Waals surface area contributed by atoms with Gasteiger partial charge in [-0.1, -0.05) is 11.6 Å². The molecule has 0 radical (unpaired) electrons. The second-order valence-corrected chi connectivity index (χ2v) is 6.13. The van der Waals surface area contributed by atoms with Crippen molar-refractivity contribution in [3.8, 4) is 34.8 Å². The van der Waals surface area contributed by atoms with E-state index in [0.717, 1.165) is 0 Å². The fourth-order valence-electron chi connectivity index (χ4n) is 2.60. The number of halogens is 1. The summed E-state index contributed by atoms with van der Waals surface area (Å²) in [6, 6.07) is 6.45. The number of aromatic nitrogens is 1. The van der Waals surface area contributed by atoms with Crippen molar-refractivity contribution in [2.24, 2.45) is 0 Å². The molecule has 1 heterocycles. The highest BCUT2D eigenvalue weighted by molar-refractivity contribution is 6.32. The summed E-state index contributed by atoms with van der Waals surface area (Å²) in [6.07, 6.45) is -0.966. The number of nitrogens with one attached hydrogen (secondary N) is 1. The van der Waals surface area contributed by atoms with Crippen LogP contribution in [0.3, 0.4) is 0 Å². The van der Waals surface area contributed by atoms with Gasteiger partial charge in [0.1, 0.15) is 29.1 Å². The minimum atomic E-state index is -0.966. The fraction of sp³-hybridized carbons (Fsp3) is 0.263. The maximum atomic E-state index is 12.1. The summed E-state index contributed by atoms with van der Waals surface area (Å²) in [5.41, 5.74) is 4.85. The number of hydrogen-bond acceptors (Lipinski definition) is 8. The van der Waals surface area contributed by atoms with Crippen molar-refractivity contribution in [3.63, 3.8) is 0 Å². The first kappa shape index (κ1) is 21.6. The molecule has 1 atom stereocenters. The molecule has 3 N–H and O–H groups in total. The first-order chi connectivity index (χ1) is 13.8. The Morgan fingerprint density at radius 2 is 1.97 bits per heavy atom. The average Bonchev–Trinajstić information content (AvgIpc) is 2.68. The number of methoxy groups -OCH3 is 1. The second kappa shape index (κ2) is 9.00. The van der Waals surface area contributed by atoms with E-state index in [2.05, 4.69) is 4.98 Å². The lowest BCUT2D eigenvalue weighted by molar-refractivity contribution is -0.150. The van der Waals surface area contributed by atoms with E-state index < -0.39 is 17.6 Å². The molecular formula is C19H17ClN4O5. The summed E-state index contributed by atoms with van der Waals surface area (Å²) in [6.45, 7) is 3.34. The summed E-state index contributed by atoms with van der Waals surface area (Å²) in [4.78, 5) is 26.2. The Kier molecular flexibility index (Phi) is 6.71. The molecule has 2 rings (SSSR count). The molecule has 0 fully saturated rings. The predicted octanol–water partition coefficient (Wildman–Crippen LogP) is 2.36. The normalized spacial score (nSPS) is 11.1. The fourth-order valence-corrected chi connectivity index (χ4v) is 2.85. The second-order valence-electron chi connectivity index (χ2n) is 5.72. The summed E-state index contributed by atoms with van der Waals surface area (Å²) in [5.74, 6) is -0.586. The number of ether oxygens (including phenoxy) is 3. The Labute approximate surface area is 171 Å². The molecule has 0 saturated heterocycles. The minimum absolute atomic E-state index is 0.0152. The molecule has 150 valence electrons. The molecule has 1 unspecified atom stereocenters. The number of anilines is 1. The van der Waals surface area contributed by atoms with Crippen LogP contribution >= 0.6 is 11.6 Å². The maximum absolute atomic E-state index is 12.1. The number of pyridine rings is 1. The Morgan fingerprint density at radius 1 is 1.31 bits per heavy atom. The zero-order chi connectivity index (χ0) is 21.7. The van der Waals surface area contributed by atoms with Gasteiger partial charge in [0.15, 0.2) is 17.6 Å². The van der Waals surface area contributed by atoms with Crippen molar-refractivity contribution in [1.82, 2.24) is 4.98 Å². The van der Waals surface area contributed by atoms with E-state index >= 15 is 0 Å². The van der Waals surface area contributed by atoms with Crippen molar-refractivity contribution in [2.75, 3.05) is 19.5 Å². The first-order valence-electron chi connectivity index (χ1n) is 8.36. The van der Waals surface area contributed by atoms with Crippen molar-refractivity contribution in [2.45, 2.75) is 20.0 Å². The Bertz CT molecular complexity index is 1100. The molecule has 1 aromatic carbocycles. The van der Waals surface area contributed by atoms with Crippen molar-refractivity contribution >= 4 is 23.4 Å². The van der Waals surface area contributed by atoms with Crippen LogP contribution in [-0.2, 0) is 9.53 Å². The lowest BCUT2D eigenvalue weighted by atomic mass is 9.96. The highest BCUT2D eigenvalue weighted by Crippen LogP contribution is 2.41. The number of esters is 1. The number of nitrogen functional groups attached to an aromatic ring is 1. The number of rotatable bonds is 6. The van der Waals surface area contributed by atoms with E-state index in [1.54, 1.807) is 13.0 Å². The van der Waals surface area contributed by atoms with Gasteiger partial charge >= 0.3 is 5.97 Å². The average molecular weight is 417 g/mol. The van der Waals surface area contributed by atoms with Crippen LogP contribution in [0.25, 0.3) is 11.1 Å². The smallest absolute Gasteiger partial charge is 0.347 e. The molecule has 0 amide bonds. The lowest BCUT2D eigenvalue weighted by Gasteiger charge is -2.18. The molecule has 0 aliphatic rings. The van der Waals surface area contributed by atoms with E-state index in [-0.39, 0.29) is 51.2 Å². The zero-order valence-electron chi connectivity index (χ0n) is 15.8. The van der Waals surface area contributed by atoms with Crippen molar-refractivity contribution in [3.05, 3.63) is 38.6 Å². The maximum Gasteiger partial charge on any atom is 0.347 e. The summed E-state index contributed by atoms with van der Waals surface area (Å²) in [5, 5.41) is 18.9. The summed E-state index contributed by atoms with van der Waals surface area (Å²) >= 11 is 6.32. The topological polar surface area (TPSA) is 151 Å². The number of nitrogens with two attached hydrogens (primary N) is 1. The first-order valence-corrected chi connectivity index (χ1v) is 8.73. The van der Waals surface area contributed by atoms with E-state index in [4.69, 9.17) is 31.5 Å². The van der Waals surface area contributed by atoms with E-state index in [0.29, 0.717) is 0 Å². The number of nitrogens with zero attached hydrogens (tertiary/aromatic N) is 2.